The van der Waals surface area contributed by atoms with Gasteiger partial charge in [0, 0.05) is 16.8 Å². The first-order valence-electron chi connectivity index (χ1n) is 11.6. The lowest BCUT2D eigenvalue weighted by atomic mass is 9.84. The van der Waals surface area contributed by atoms with E-state index in [-0.39, 0.29) is 16.7 Å². The molecule has 0 aromatic heterocycles. The Hall–Kier alpha value is -4.37. The summed E-state index contributed by atoms with van der Waals surface area (Å²) >= 11 is 0. The van der Waals surface area contributed by atoms with Gasteiger partial charge in [0.25, 0.3) is 11.7 Å². The third kappa shape index (κ3) is 4.25. The number of hydrogen-bond donors (Lipinski definition) is 1. The molecule has 1 amide bonds. The van der Waals surface area contributed by atoms with E-state index in [0.29, 0.717) is 22.6 Å². The van der Waals surface area contributed by atoms with Crippen LogP contribution in [0.15, 0.2) is 72.3 Å². The van der Waals surface area contributed by atoms with Gasteiger partial charge in [0.1, 0.15) is 11.5 Å². The molecule has 3 aromatic carbocycles. The maximum absolute atomic E-state index is 13.4. The molecular weight excluding hydrogens is 452 g/mol. The zero-order valence-corrected chi connectivity index (χ0v) is 21.0. The molecule has 0 radical (unpaired) electrons. The number of aliphatic hydroxyl groups excluding tert-OH is 1. The van der Waals surface area contributed by atoms with Crippen molar-refractivity contribution in [2.75, 3.05) is 12.0 Å². The number of aryl methyl sites for hydroxylation is 1. The monoisotopic (exact) mass is 480 g/mol. The second-order valence-electron chi connectivity index (χ2n) is 9.85. The molecule has 1 aliphatic heterocycles. The van der Waals surface area contributed by atoms with E-state index < -0.39 is 17.7 Å². The number of nitrogens with zero attached hydrogens (tertiary/aromatic N) is 2. The van der Waals surface area contributed by atoms with Gasteiger partial charge < -0.3 is 9.84 Å². The van der Waals surface area contributed by atoms with Crippen LogP contribution in [-0.2, 0) is 15.0 Å². The van der Waals surface area contributed by atoms with Crippen LogP contribution in [0.25, 0.3) is 5.76 Å². The Morgan fingerprint density at radius 1 is 1.03 bits per heavy atom. The third-order valence-electron chi connectivity index (χ3n) is 6.48. The Balaban J connectivity index is 1.97. The topological polar surface area (TPSA) is 90.6 Å². The number of Topliss-reactive ketones (excluding diaryl/α,β-unsaturated/α-hetero) is 1. The van der Waals surface area contributed by atoms with Crippen molar-refractivity contribution in [2.24, 2.45) is 0 Å². The smallest absolute Gasteiger partial charge is 0.300 e. The molecule has 1 atom stereocenters. The average Bonchev–Trinajstić information content (AvgIpc) is 3.13. The molecule has 1 N–H and O–H groups in total. The highest BCUT2D eigenvalue weighted by molar-refractivity contribution is 6.51. The highest BCUT2D eigenvalue weighted by atomic mass is 16.5. The average molecular weight is 481 g/mol. The first-order valence-corrected chi connectivity index (χ1v) is 11.6. The fourth-order valence-electron chi connectivity index (χ4n) is 4.58. The molecule has 1 aliphatic rings. The van der Waals surface area contributed by atoms with Crippen LogP contribution in [0, 0.1) is 18.3 Å². The molecule has 4 rings (SSSR count). The van der Waals surface area contributed by atoms with E-state index in [1.165, 1.54) is 4.90 Å². The van der Waals surface area contributed by atoms with Gasteiger partial charge in [-0.3, -0.25) is 14.5 Å². The Morgan fingerprint density at radius 2 is 1.69 bits per heavy atom. The second kappa shape index (κ2) is 9.35. The minimum atomic E-state index is -0.834. The lowest BCUT2D eigenvalue weighted by Crippen LogP contribution is -2.29. The van der Waals surface area contributed by atoms with Gasteiger partial charge in [-0.25, -0.2) is 0 Å². The van der Waals surface area contributed by atoms with Gasteiger partial charge in [0.2, 0.25) is 0 Å². The van der Waals surface area contributed by atoms with Crippen LogP contribution in [-0.4, -0.2) is 23.9 Å². The molecule has 1 unspecified atom stereocenters. The Bertz CT molecular complexity index is 1420. The lowest BCUT2D eigenvalue weighted by molar-refractivity contribution is -0.132. The van der Waals surface area contributed by atoms with Crippen molar-refractivity contribution in [3.05, 3.63) is 100 Å². The Morgan fingerprint density at radius 3 is 2.28 bits per heavy atom. The maximum atomic E-state index is 13.4. The normalized spacial score (nSPS) is 17.2. The summed E-state index contributed by atoms with van der Waals surface area (Å²) in [5.74, 6) is -1.07. The van der Waals surface area contributed by atoms with Gasteiger partial charge in [0.15, 0.2) is 0 Å². The number of ether oxygens (including phenoxy) is 1. The van der Waals surface area contributed by atoms with Gasteiger partial charge in [-0.15, -0.1) is 0 Å². The van der Waals surface area contributed by atoms with Crippen molar-refractivity contribution in [3.63, 3.8) is 0 Å². The molecule has 36 heavy (non-hydrogen) atoms. The highest BCUT2D eigenvalue weighted by Gasteiger charge is 2.47. The third-order valence-corrected chi connectivity index (χ3v) is 6.48. The first kappa shape index (κ1) is 24.7. The van der Waals surface area contributed by atoms with Crippen molar-refractivity contribution in [2.45, 2.75) is 39.2 Å². The quantitative estimate of drug-likeness (QED) is 0.290. The van der Waals surface area contributed by atoms with E-state index >= 15 is 0 Å². The van der Waals surface area contributed by atoms with Crippen LogP contribution in [0.4, 0.5) is 5.69 Å². The molecule has 0 bridgehead atoms. The number of anilines is 1. The van der Waals surface area contributed by atoms with Crippen LogP contribution < -0.4 is 9.64 Å². The number of aliphatic hydroxyl groups is 1. The van der Waals surface area contributed by atoms with Crippen molar-refractivity contribution in [3.8, 4) is 11.8 Å². The van der Waals surface area contributed by atoms with Gasteiger partial charge in [0.05, 0.1) is 30.4 Å². The summed E-state index contributed by atoms with van der Waals surface area (Å²) < 4.78 is 5.52. The van der Waals surface area contributed by atoms with Crippen LogP contribution in [0.3, 0.4) is 0 Å². The number of ketones is 1. The predicted molar refractivity (Wildman–Crippen MR) is 139 cm³/mol. The number of nitriles is 1. The SMILES string of the molecule is COc1ccc(/C(O)=C2\C(=O)C(=O)N(c3ccc(C#N)cc3)C2c2ccccc2C)cc1C(C)(C)C. The molecule has 6 nitrogen and oxygen atoms in total. The zero-order valence-electron chi connectivity index (χ0n) is 21.0. The fourth-order valence-corrected chi connectivity index (χ4v) is 4.58. The number of amides is 1. The summed E-state index contributed by atoms with van der Waals surface area (Å²) in [6, 6.07) is 20.4. The Kier molecular flexibility index (Phi) is 6.43. The number of hydrogen-bond acceptors (Lipinski definition) is 5. The van der Waals surface area contributed by atoms with Crippen LogP contribution in [0.1, 0.15) is 54.6 Å². The van der Waals surface area contributed by atoms with Crippen LogP contribution in [0.5, 0.6) is 5.75 Å². The number of carbonyl (C=O) groups is 2. The van der Waals surface area contributed by atoms with Gasteiger partial charge in [-0.05, 0) is 65.9 Å². The summed E-state index contributed by atoms with van der Waals surface area (Å²) in [5, 5.41) is 20.7. The van der Waals surface area contributed by atoms with Gasteiger partial charge in [-0.1, -0.05) is 45.0 Å². The highest BCUT2D eigenvalue weighted by Crippen LogP contribution is 2.44. The summed E-state index contributed by atoms with van der Waals surface area (Å²) in [6.07, 6.45) is 0. The summed E-state index contributed by atoms with van der Waals surface area (Å²) in [4.78, 5) is 28.2. The van der Waals surface area contributed by atoms with E-state index in [4.69, 9.17) is 4.74 Å². The van der Waals surface area contributed by atoms with Crippen molar-refractivity contribution in [1.82, 2.24) is 0 Å². The molecule has 3 aromatic rings. The molecule has 1 fully saturated rings. The van der Waals surface area contributed by atoms with Crippen molar-refractivity contribution >= 4 is 23.1 Å². The Labute approximate surface area is 211 Å². The number of methoxy groups -OCH3 is 1. The molecule has 1 saturated heterocycles. The predicted octanol–water partition coefficient (Wildman–Crippen LogP) is 5.80. The standard InChI is InChI=1S/C30H28N2O4/c1-18-8-6-7-9-22(18)26-25(27(33)20-12-15-24(36-5)23(16-20)30(2,3)4)28(34)29(35)32(26)21-13-10-19(17-31)11-14-21/h6-16,26,33H,1-5H3/b27-25+. The van der Waals surface area contributed by atoms with Crippen LogP contribution in [0.2, 0.25) is 0 Å². The van der Waals surface area contributed by atoms with E-state index in [0.717, 1.165) is 16.7 Å². The first-order chi connectivity index (χ1) is 17.1. The molecule has 1 heterocycles. The maximum Gasteiger partial charge on any atom is 0.300 e. The van der Waals surface area contributed by atoms with Gasteiger partial charge in [-0.2, -0.15) is 5.26 Å². The molecule has 0 saturated carbocycles. The number of rotatable bonds is 4. The summed E-state index contributed by atoms with van der Waals surface area (Å²) in [6.45, 7) is 8.00. The van der Waals surface area contributed by atoms with E-state index in [1.807, 2.05) is 52.0 Å². The largest absolute Gasteiger partial charge is 0.507 e. The second-order valence-corrected chi connectivity index (χ2v) is 9.85. The molecule has 182 valence electrons. The molecular formula is C30H28N2O4. The fraction of sp³-hybridized carbons (Fsp3) is 0.233. The van der Waals surface area contributed by atoms with E-state index in [9.17, 15) is 20.0 Å². The minimum Gasteiger partial charge on any atom is -0.507 e. The summed E-state index contributed by atoms with van der Waals surface area (Å²) in [7, 11) is 1.59. The van der Waals surface area contributed by atoms with E-state index in [2.05, 4.69) is 6.07 Å². The lowest BCUT2D eigenvalue weighted by Gasteiger charge is -2.27. The zero-order chi connectivity index (χ0) is 26.2. The van der Waals surface area contributed by atoms with Gasteiger partial charge >= 0.3 is 0 Å². The summed E-state index contributed by atoms with van der Waals surface area (Å²) in [5.41, 5.74) is 3.53. The number of benzene rings is 3. The molecule has 0 aliphatic carbocycles. The molecule has 6 heteroatoms. The van der Waals surface area contributed by atoms with E-state index in [1.54, 1.807) is 49.6 Å². The van der Waals surface area contributed by atoms with Crippen molar-refractivity contribution in [1.29, 1.82) is 5.26 Å². The minimum absolute atomic E-state index is 0.0173. The van der Waals surface area contributed by atoms with Crippen LogP contribution >= 0.6 is 0 Å². The molecule has 0 spiro atoms. The van der Waals surface area contributed by atoms with Crippen molar-refractivity contribution < 1.29 is 19.4 Å². The number of carbonyl (C=O) groups excluding carboxylic acids is 2.